The van der Waals surface area contributed by atoms with E-state index < -0.39 is 0 Å². The number of nitrogens with one attached hydrogen (secondary N) is 1. The van der Waals surface area contributed by atoms with E-state index in [4.69, 9.17) is 4.74 Å². The van der Waals surface area contributed by atoms with Crippen molar-refractivity contribution in [1.29, 1.82) is 0 Å². The summed E-state index contributed by atoms with van der Waals surface area (Å²) in [5.41, 5.74) is 1.39. The van der Waals surface area contributed by atoms with Gasteiger partial charge >= 0.3 is 0 Å². The molecule has 1 aromatic carbocycles. The lowest BCUT2D eigenvalue weighted by Crippen LogP contribution is -2.31. The summed E-state index contributed by atoms with van der Waals surface area (Å²) in [5, 5.41) is 3.62. The highest BCUT2D eigenvalue weighted by atomic mass is 16.5. The molecule has 21 heavy (non-hydrogen) atoms. The van der Waals surface area contributed by atoms with Crippen molar-refractivity contribution in [3.63, 3.8) is 0 Å². The zero-order chi connectivity index (χ0) is 15.7. The molecule has 1 aromatic rings. The summed E-state index contributed by atoms with van der Waals surface area (Å²) < 4.78 is 5.34. The molecule has 0 amide bonds. The number of methoxy groups -OCH3 is 1. The quantitative estimate of drug-likeness (QED) is 0.676. The molecule has 0 aromatic heterocycles. The summed E-state index contributed by atoms with van der Waals surface area (Å²) in [6.45, 7) is 10.2. The van der Waals surface area contributed by atoms with Crippen LogP contribution in [0, 0.1) is 11.8 Å². The van der Waals surface area contributed by atoms with Crippen LogP contribution in [0.4, 0.5) is 0 Å². The maximum absolute atomic E-state index is 5.34. The minimum Gasteiger partial charge on any atom is -0.497 e. The van der Waals surface area contributed by atoms with Crippen LogP contribution >= 0.6 is 0 Å². The molecule has 0 aliphatic rings. The van der Waals surface area contributed by atoms with E-state index in [0.29, 0.717) is 12.0 Å². The van der Waals surface area contributed by atoms with Gasteiger partial charge in [0.2, 0.25) is 0 Å². The van der Waals surface area contributed by atoms with Gasteiger partial charge in [0.1, 0.15) is 5.75 Å². The molecule has 0 radical (unpaired) electrons. The van der Waals surface area contributed by atoms with E-state index in [2.05, 4.69) is 51.2 Å². The smallest absolute Gasteiger partial charge is 0.119 e. The molecule has 0 saturated carbocycles. The highest BCUT2D eigenvalue weighted by molar-refractivity contribution is 5.28. The van der Waals surface area contributed by atoms with Crippen LogP contribution in [0.5, 0.6) is 5.75 Å². The molecule has 0 aliphatic carbocycles. The zero-order valence-corrected chi connectivity index (χ0v) is 14.5. The molecule has 1 N–H and O–H groups in total. The topological polar surface area (TPSA) is 21.3 Å². The lowest BCUT2D eigenvalue weighted by Gasteiger charge is -2.24. The van der Waals surface area contributed by atoms with E-state index in [1.54, 1.807) is 7.11 Å². The third-order valence-electron chi connectivity index (χ3n) is 4.29. The molecular formula is C19H33NO. The van der Waals surface area contributed by atoms with Gasteiger partial charge in [-0.2, -0.15) is 0 Å². The summed E-state index contributed by atoms with van der Waals surface area (Å²) >= 11 is 0. The Balaban J connectivity index is 2.69. The van der Waals surface area contributed by atoms with Crippen LogP contribution in [0.15, 0.2) is 24.3 Å². The van der Waals surface area contributed by atoms with Crippen molar-refractivity contribution in [2.75, 3.05) is 13.7 Å². The standard InChI is InChI=1S/C19H33NO/c1-6-16(7-2)11-18(14-20-15(3)4)12-17-9-8-10-19(13-17)21-5/h8-10,13,15-16,18,20H,6-7,11-12,14H2,1-5H3. The van der Waals surface area contributed by atoms with Crippen molar-refractivity contribution in [1.82, 2.24) is 5.32 Å². The zero-order valence-electron chi connectivity index (χ0n) is 14.5. The van der Waals surface area contributed by atoms with Gasteiger partial charge < -0.3 is 10.1 Å². The monoisotopic (exact) mass is 291 g/mol. The molecule has 0 aliphatic heterocycles. The molecule has 0 bridgehead atoms. The van der Waals surface area contributed by atoms with E-state index in [1.165, 1.54) is 24.8 Å². The molecule has 0 heterocycles. The third-order valence-corrected chi connectivity index (χ3v) is 4.29. The van der Waals surface area contributed by atoms with Gasteiger partial charge in [0.15, 0.2) is 0 Å². The first kappa shape index (κ1) is 18.0. The Morgan fingerprint density at radius 2 is 1.81 bits per heavy atom. The van der Waals surface area contributed by atoms with Gasteiger partial charge in [-0.05, 0) is 48.9 Å². The summed E-state index contributed by atoms with van der Waals surface area (Å²) in [5.74, 6) is 2.50. The minimum absolute atomic E-state index is 0.555. The van der Waals surface area contributed by atoms with E-state index >= 15 is 0 Å². The van der Waals surface area contributed by atoms with Crippen LogP contribution in [0.3, 0.4) is 0 Å². The van der Waals surface area contributed by atoms with E-state index in [1.807, 2.05) is 6.07 Å². The predicted molar refractivity (Wildman–Crippen MR) is 92.0 cm³/mol. The highest BCUT2D eigenvalue weighted by Gasteiger charge is 2.15. The molecule has 0 spiro atoms. The van der Waals surface area contributed by atoms with Crippen molar-refractivity contribution < 1.29 is 4.74 Å². The second kappa shape index (κ2) is 9.83. The maximum atomic E-state index is 5.34. The van der Waals surface area contributed by atoms with Crippen molar-refractivity contribution in [2.24, 2.45) is 11.8 Å². The molecule has 1 rings (SSSR count). The van der Waals surface area contributed by atoms with Crippen molar-refractivity contribution in [2.45, 2.75) is 59.4 Å². The Hall–Kier alpha value is -1.02. The van der Waals surface area contributed by atoms with Crippen LogP contribution in [0.2, 0.25) is 0 Å². The van der Waals surface area contributed by atoms with Crippen molar-refractivity contribution in [3.8, 4) is 5.75 Å². The lowest BCUT2D eigenvalue weighted by molar-refractivity contribution is 0.331. The average molecular weight is 291 g/mol. The summed E-state index contributed by atoms with van der Waals surface area (Å²) in [7, 11) is 1.74. The second-order valence-electron chi connectivity index (χ2n) is 6.40. The second-order valence-corrected chi connectivity index (χ2v) is 6.40. The van der Waals surface area contributed by atoms with Crippen LogP contribution in [0.1, 0.15) is 52.5 Å². The number of hydrogen-bond donors (Lipinski definition) is 1. The molecule has 0 fully saturated rings. The molecule has 0 saturated heterocycles. The fraction of sp³-hybridized carbons (Fsp3) is 0.684. The number of benzene rings is 1. The van der Waals surface area contributed by atoms with Gasteiger partial charge in [-0.15, -0.1) is 0 Å². The first-order chi connectivity index (χ1) is 10.1. The maximum Gasteiger partial charge on any atom is 0.119 e. The first-order valence-electron chi connectivity index (χ1n) is 8.45. The van der Waals surface area contributed by atoms with Crippen LogP contribution in [0.25, 0.3) is 0 Å². The normalized spacial score (nSPS) is 12.9. The van der Waals surface area contributed by atoms with Gasteiger partial charge in [0.05, 0.1) is 7.11 Å². The molecule has 1 atom stereocenters. The van der Waals surface area contributed by atoms with E-state index in [0.717, 1.165) is 24.6 Å². The predicted octanol–water partition coefficient (Wildman–Crippen LogP) is 4.68. The Morgan fingerprint density at radius 1 is 1.10 bits per heavy atom. The van der Waals surface area contributed by atoms with Gasteiger partial charge in [0, 0.05) is 6.04 Å². The Kier molecular flexibility index (Phi) is 8.44. The third kappa shape index (κ3) is 6.99. The SMILES string of the molecule is CCC(CC)CC(CNC(C)C)Cc1cccc(OC)c1. The molecule has 2 heteroatoms. The number of hydrogen-bond acceptors (Lipinski definition) is 2. The fourth-order valence-electron chi connectivity index (χ4n) is 2.87. The molecular weight excluding hydrogens is 258 g/mol. The minimum atomic E-state index is 0.555. The van der Waals surface area contributed by atoms with E-state index in [-0.39, 0.29) is 0 Å². The largest absolute Gasteiger partial charge is 0.497 e. The molecule has 120 valence electrons. The van der Waals surface area contributed by atoms with Crippen molar-refractivity contribution in [3.05, 3.63) is 29.8 Å². The van der Waals surface area contributed by atoms with Gasteiger partial charge in [-0.3, -0.25) is 0 Å². The van der Waals surface area contributed by atoms with Gasteiger partial charge in [0.25, 0.3) is 0 Å². The number of ether oxygens (including phenoxy) is 1. The van der Waals surface area contributed by atoms with Gasteiger partial charge in [-0.1, -0.05) is 52.7 Å². The summed E-state index contributed by atoms with van der Waals surface area (Å²) in [4.78, 5) is 0. The molecule has 2 nitrogen and oxygen atoms in total. The number of rotatable bonds is 10. The Labute approximate surface area is 131 Å². The van der Waals surface area contributed by atoms with E-state index in [9.17, 15) is 0 Å². The van der Waals surface area contributed by atoms with Gasteiger partial charge in [-0.25, -0.2) is 0 Å². The lowest BCUT2D eigenvalue weighted by atomic mass is 9.86. The molecule has 1 unspecified atom stereocenters. The van der Waals surface area contributed by atoms with Crippen LogP contribution in [-0.4, -0.2) is 19.7 Å². The Morgan fingerprint density at radius 3 is 2.38 bits per heavy atom. The average Bonchev–Trinajstić information content (AvgIpc) is 2.50. The van der Waals surface area contributed by atoms with Crippen molar-refractivity contribution >= 4 is 0 Å². The summed E-state index contributed by atoms with van der Waals surface area (Å²) in [6, 6.07) is 9.07. The highest BCUT2D eigenvalue weighted by Crippen LogP contribution is 2.23. The van der Waals surface area contributed by atoms with Crippen LogP contribution in [-0.2, 0) is 6.42 Å². The summed E-state index contributed by atoms with van der Waals surface area (Å²) in [6.07, 6.45) is 5.01. The van der Waals surface area contributed by atoms with Crippen LogP contribution < -0.4 is 10.1 Å². The Bertz CT molecular complexity index is 385. The fourth-order valence-corrected chi connectivity index (χ4v) is 2.87. The first-order valence-corrected chi connectivity index (χ1v) is 8.45.